The molecule has 0 saturated carbocycles. The first-order valence-corrected chi connectivity index (χ1v) is 11.2. The third-order valence-corrected chi connectivity index (χ3v) is 6.19. The standard InChI is InChI=1S/C24H23F5N4O3/c1-12-15(24(27,28)29)11-14(22(31-12)33-9-4-6-23(25,26)7-10-33)19-21(36-3)20(35)17-16(32-19)5-8-30-18(17)13(2)34/h5,8,11H,4,6-7,9-10H2,1-3H3,(H,32,35). The molecule has 0 unspecified atom stereocenters. The summed E-state index contributed by atoms with van der Waals surface area (Å²) in [6, 6.07) is 2.25. The number of fused-ring (bicyclic) bond motifs is 1. The summed E-state index contributed by atoms with van der Waals surface area (Å²) in [5.41, 5.74) is -2.33. The first-order chi connectivity index (χ1) is 16.8. The van der Waals surface area contributed by atoms with E-state index in [1.165, 1.54) is 38.1 Å². The molecular weight excluding hydrogens is 487 g/mol. The van der Waals surface area contributed by atoms with Gasteiger partial charge in [0, 0.05) is 44.6 Å². The first-order valence-electron chi connectivity index (χ1n) is 11.2. The molecule has 1 N–H and O–H groups in total. The van der Waals surface area contributed by atoms with Crippen LogP contribution in [0.2, 0.25) is 0 Å². The van der Waals surface area contributed by atoms with Gasteiger partial charge in [0.05, 0.1) is 35.0 Å². The van der Waals surface area contributed by atoms with E-state index in [-0.39, 0.29) is 71.0 Å². The van der Waals surface area contributed by atoms with Crippen LogP contribution in [-0.4, -0.2) is 46.9 Å². The molecule has 0 aromatic carbocycles. The van der Waals surface area contributed by atoms with Crippen molar-refractivity contribution in [1.82, 2.24) is 15.0 Å². The highest BCUT2D eigenvalue weighted by molar-refractivity contribution is 6.05. The minimum absolute atomic E-state index is 0.0207. The van der Waals surface area contributed by atoms with E-state index in [4.69, 9.17) is 4.74 Å². The number of alkyl halides is 5. The Kier molecular flexibility index (Phi) is 6.48. The number of ketones is 1. The van der Waals surface area contributed by atoms with Gasteiger partial charge in [0.2, 0.25) is 11.4 Å². The van der Waals surface area contributed by atoms with Gasteiger partial charge in [-0.3, -0.25) is 14.6 Å². The zero-order chi connectivity index (χ0) is 26.4. The number of nitrogens with one attached hydrogen (secondary N) is 1. The SMILES string of the molecule is COc1c(-c2cc(C(F)(F)F)c(C)nc2N2CCCC(F)(F)CC2)[nH]c2ccnc(C(C)=O)c2c1=O. The molecule has 4 heterocycles. The molecule has 3 aromatic heterocycles. The molecule has 12 heteroatoms. The van der Waals surface area contributed by atoms with Crippen molar-refractivity contribution in [2.75, 3.05) is 25.1 Å². The van der Waals surface area contributed by atoms with E-state index in [9.17, 15) is 31.5 Å². The van der Waals surface area contributed by atoms with E-state index in [2.05, 4.69) is 15.0 Å². The van der Waals surface area contributed by atoms with E-state index in [1.807, 2.05) is 0 Å². The van der Waals surface area contributed by atoms with Crippen molar-refractivity contribution in [3.63, 3.8) is 0 Å². The van der Waals surface area contributed by atoms with Crippen LogP contribution in [0.25, 0.3) is 22.2 Å². The molecule has 192 valence electrons. The lowest BCUT2D eigenvalue weighted by Crippen LogP contribution is -2.28. The lowest BCUT2D eigenvalue weighted by Gasteiger charge is -2.26. The number of aryl methyl sites for hydroxylation is 1. The monoisotopic (exact) mass is 510 g/mol. The van der Waals surface area contributed by atoms with Crippen LogP contribution in [0.15, 0.2) is 23.1 Å². The molecule has 1 aliphatic rings. The van der Waals surface area contributed by atoms with E-state index in [0.29, 0.717) is 0 Å². The van der Waals surface area contributed by atoms with Crippen LogP contribution in [0.5, 0.6) is 5.75 Å². The van der Waals surface area contributed by atoms with Crippen LogP contribution in [0.1, 0.15) is 47.9 Å². The Bertz CT molecular complexity index is 1400. The number of H-pyrrole nitrogens is 1. The number of hydrogen-bond acceptors (Lipinski definition) is 6. The second-order valence-corrected chi connectivity index (χ2v) is 8.69. The van der Waals surface area contributed by atoms with Gasteiger partial charge in [-0.1, -0.05) is 0 Å². The van der Waals surface area contributed by atoms with Gasteiger partial charge in [-0.2, -0.15) is 13.2 Å². The summed E-state index contributed by atoms with van der Waals surface area (Å²) in [5, 5.41) is -0.0716. The Balaban J connectivity index is 2.04. The predicted octanol–water partition coefficient (Wildman–Crippen LogP) is 5.15. The minimum Gasteiger partial charge on any atom is -0.491 e. The molecule has 0 radical (unpaired) electrons. The third-order valence-electron chi connectivity index (χ3n) is 6.19. The van der Waals surface area contributed by atoms with Gasteiger partial charge in [-0.25, -0.2) is 13.8 Å². The number of Topliss-reactive ketones (excluding diaryl/α,β-unsaturated/α-hetero) is 1. The van der Waals surface area contributed by atoms with E-state index >= 15 is 0 Å². The van der Waals surface area contributed by atoms with E-state index in [0.717, 1.165) is 6.07 Å². The van der Waals surface area contributed by atoms with Gasteiger partial charge < -0.3 is 14.6 Å². The Labute approximate surface area is 202 Å². The zero-order valence-corrected chi connectivity index (χ0v) is 19.7. The fourth-order valence-electron chi connectivity index (χ4n) is 4.45. The Morgan fingerprint density at radius 1 is 1.22 bits per heavy atom. The lowest BCUT2D eigenvalue weighted by molar-refractivity contribution is -0.138. The maximum atomic E-state index is 14.0. The van der Waals surface area contributed by atoms with Crippen molar-refractivity contribution < 1.29 is 31.5 Å². The van der Waals surface area contributed by atoms with Gasteiger partial charge in [0.15, 0.2) is 11.5 Å². The van der Waals surface area contributed by atoms with Crippen LogP contribution in [0.3, 0.4) is 0 Å². The molecule has 1 aliphatic heterocycles. The number of rotatable bonds is 4. The van der Waals surface area contributed by atoms with Crippen LogP contribution in [-0.2, 0) is 6.18 Å². The molecule has 0 atom stereocenters. The number of anilines is 1. The van der Waals surface area contributed by atoms with Crippen molar-refractivity contribution in [2.45, 2.75) is 45.2 Å². The molecule has 0 bridgehead atoms. The number of ether oxygens (including phenoxy) is 1. The summed E-state index contributed by atoms with van der Waals surface area (Å²) in [6.45, 7) is 2.41. The summed E-state index contributed by atoms with van der Waals surface area (Å²) in [7, 11) is 1.17. The van der Waals surface area contributed by atoms with Gasteiger partial charge >= 0.3 is 6.18 Å². The number of pyridine rings is 3. The largest absolute Gasteiger partial charge is 0.491 e. The molecular formula is C24H23F5N4O3. The van der Waals surface area contributed by atoms with Gasteiger partial charge in [0.25, 0.3) is 0 Å². The summed E-state index contributed by atoms with van der Waals surface area (Å²) in [6.07, 6.45) is -4.21. The van der Waals surface area contributed by atoms with Crippen molar-refractivity contribution in [2.24, 2.45) is 0 Å². The number of aromatic amines is 1. The quantitative estimate of drug-likeness (QED) is 0.386. The number of nitrogens with zero attached hydrogens (tertiary/aromatic N) is 3. The number of carbonyl (C=O) groups excluding carboxylic acids is 1. The second-order valence-electron chi connectivity index (χ2n) is 8.69. The van der Waals surface area contributed by atoms with Crippen molar-refractivity contribution in [1.29, 1.82) is 0 Å². The fraction of sp³-hybridized carbons (Fsp3) is 0.417. The molecule has 0 amide bonds. The Morgan fingerprint density at radius 2 is 1.94 bits per heavy atom. The normalized spacial score (nSPS) is 16.2. The lowest BCUT2D eigenvalue weighted by atomic mass is 10.0. The number of carbonyl (C=O) groups is 1. The van der Waals surface area contributed by atoms with Crippen LogP contribution < -0.4 is 15.1 Å². The van der Waals surface area contributed by atoms with Gasteiger partial charge in [-0.05, 0) is 25.5 Å². The highest BCUT2D eigenvalue weighted by atomic mass is 19.4. The maximum Gasteiger partial charge on any atom is 0.418 e. The summed E-state index contributed by atoms with van der Waals surface area (Å²) in [4.78, 5) is 37.9. The summed E-state index contributed by atoms with van der Waals surface area (Å²) in [5.74, 6) is -3.71. The summed E-state index contributed by atoms with van der Waals surface area (Å²) < 4.78 is 74.9. The third kappa shape index (κ3) is 4.63. The average Bonchev–Trinajstić information content (AvgIpc) is 2.97. The molecule has 1 fully saturated rings. The van der Waals surface area contributed by atoms with E-state index < -0.39 is 35.3 Å². The van der Waals surface area contributed by atoms with Gasteiger partial charge in [-0.15, -0.1) is 0 Å². The number of methoxy groups -OCH3 is 1. The van der Waals surface area contributed by atoms with Crippen LogP contribution in [0, 0.1) is 6.92 Å². The van der Waals surface area contributed by atoms with Gasteiger partial charge in [0.1, 0.15) is 11.5 Å². The topological polar surface area (TPSA) is 88.2 Å². The Morgan fingerprint density at radius 3 is 2.58 bits per heavy atom. The van der Waals surface area contributed by atoms with E-state index in [1.54, 1.807) is 0 Å². The van der Waals surface area contributed by atoms with Crippen LogP contribution >= 0.6 is 0 Å². The minimum atomic E-state index is -4.76. The number of hydrogen-bond donors (Lipinski definition) is 1. The molecule has 7 nitrogen and oxygen atoms in total. The maximum absolute atomic E-state index is 14.0. The molecule has 4 rings (SSSR count). The number of aromatic nitrogens is 3. The molecule has 0 spiro atoms. The van der Waals surface area contributed by atoms with Crippen molar-refractivity contribution in [3.05, 3.63) is 45.5 Å². The predicted molar refractivity (Wildman–Crippen MR) is 123 cm³/mol. The molecule has 0 aliphatic carbocycles. The zero-order valence-electron chi connectivity index (χ0n) is 19.7. The summed E-state index contributed by atoms with van der Waals surface area (Å²) >= 11 is 0. The molecule has 3 aromatic rings. The highest BCUT2D eigenvalue weighted by Gasteiger charge is 2.37. The highest BCUT2D eigenvalue weighted by Crippen LogP contribution is 2.41. The first kappa shape index (κ1) is 25.5. The smallest absolute Gasteiger partial charge is 0.418 e. The fourth-order valence-corrected chi connectivity index (χ4v) is 4.45. The average molecular weight is 510 g/mol. The van der Waals surface area contributed by atoms with Crippen molar-refractivity contribution in [3.8, 4) is 17.0 Å². The number of halogens is 5. The van der Waals surface area contributed by atoms with Crippen LogP contribution in [0.4, 0.5) is 27.8 Å². The Hall–Kier alpha value is -3.57. The molecule has 36 heavy (non-hydrogen) atoms. The van der Waals surface area contributed by atoms with Crippen molar-refractivity contribution >= 4 is 22.5 Å². The second kappa shape index (κ2) is 9.14. The molecule has 1 saturated heterocycles.